The van der Waals surface area contributed by atoms with Crippen LogP contribution in [0.5, 0.6) is 11.5 Å². The molecule has 0 N–H and O–H groups in total. The van der Waals surface area contributed by atoms with Gasteiger partial charge in [0.1, 0.15) is 17.3 Å². The number of carbonyl (C=O) groups excluding carboxylic acids is 3. The second-order valence-electron chi connectivity index (χ2n) is 9.34. The molecule has 39 heavy (non-hydrogen) atoms. The highest BCUT2D eigenvalue weighted by Gasteiger charge is 2.28. The summed E-state index contributed by atoms with van der Waals surface area (Å²) < 4.78 is 17.1. The van der Waals surface area contributed by atoms with Crippen LogP contribution in [0.2, 0.25) is 0 Å². The molecule has 1 aliphatic heterocycles. The second kappa shape index (κ2) is 11.3. The van der Waals surface area contributed by atoms with Crippen LogP contribution in [-0.4, -0.2) is 42.8 Å². The van der Waals surface area contributed by atoms with Crippen molar-refractivity contribution < 1.29 is 28.3 Å². The highest BCUT2D eigenvalue weighted by molar-refractivity contribution is 6.02. The molecule has 0 atom stereocenters. The number of furan rings is 1. The number of carbonyl (C=O) groups is 3. The summed E-state index contributed by atoms with van der Waals surface area (Å²) in [4.78, 5) is 41.7. The molecule has 8 nitrogen and oxygen atoms in total. The molecule has 0 aliphatic carbocycles. The SMILES string of the molecule is Cc1ccccc1OCC(=O)c1ccc2c(c1)N(Cc1ccc(C(=O)N(C)Cc3ccccc3)o1)C(=O)CO2. The fourth-order valence-corrected chi connectivity index (χ4v) is 4.34. The van der Waals surface area contributed by atoms with Crippen molar-refractivity contribution in [2.24, 2.45) is 0 Å². The molecule has 0 spiro atoms. The van der Waals surface area contributed by atoms with Gasteiger partial charge in [0.15, 0.2) is 24.8 Å². The molecule has 0 bridgehead atoms. The number of Topliss-reactive ketones (excluding diaryl/α,β-unsaturated/α-hetero) is 1. The molecule has 2 amide bonds. The number of amides is 2. The minimum Gasteiger partial charge on any atom is -0.485 e. The predicted molar refractivity (Wildman–Crippen MR) is 145 cm³/mol. The third kappa shape index (κ3) is 5.85. The van der Waals surface area contributed by atoms with Gasteiger partial charge in [-0.05, 0) is 54.4 Å². The minimum atomic E-state index is -0.284. The van der Waals surface area contributed by atoms with E-state index in [0.717, 1.165) is 11.1 Å². The Morgan fingerprint density at radius 3 is 2.54 bits per heavy atom. The average Bonchev–Trinajstić information content (AvgIpc) is 3.42. The number of ketones is 1. The van der Waals surface area contributed by atoms with E-state index in [1.165, 1.54) is 4.90 Å². The molecule has 0 unspecified atom stereocenters. The van der Waals surface area contributed by atoms with Gasteiger partial charge in [-0.2, -0.15) is 0 Å². The molecule has 8 heteroatoms. The summed E-state index contributed by atoms with van der Waals surface area (Å²) in [5.74, 6) is 0.965. The van der Waals surface area contributed by atoms with Gasteiger partial charge >= 0.3 is 0 Å². The van der Waals surface area contributed by atoms with E-state index < -0.39 is 0 Å². The van der Waals surface area contributed by atoms with Gasteiger partial charge in [-0.3, -0.25) is 19.3 Å². The van der Waals surface area contributed by atoms with Gasteiger partial charge in [0, 0.05) is 19.2 Å². The largest absolute Gasteiger partial charge is 0.485 e. The number of rotatable bonds is 9. The smallest absolute Gasteiger partial charge is 0.289 e. The molecule has 2 heterocycles. The van der Waals surface area contributed by atoms with Crippen LogP contribution >= 0.6 is 0 Å². The molecular weight excluding hydrogens is 496 g/mol. The summed E-state index contributed by atoms with van der Waals surface area (Å²) in [5.41, 5.74) is 2.79. The Labute approximate surface area is 226 Å². The third-order valence-electron chi connectivity index (χ3n) is 6.47. The number of nitrogens with zero attached hydrogens (tertiary/aromatic N) is 2. The van der Waals surface area contributed by atoms with E-state index in [4.69, 9.17) is 13.9 Å². The third-order valence-corrected chi connectivity index (χ3v) is 6.47. The first-order chi connectivity index (χ1) is 18.9. The first-order valence-corrected chi connectivity index (χ1v) is 12.6. The summed E-state index contributed by atoms with van der Waals surface area (Å²) in [6.07, 6.45) is 0. The lowest BCUT2D eigenvalue weighted by Crippen LogP contribution is -2.38. The standard InChI is InChI=1S/C31H28N2O6/c1-21-8-6-7-11-27(21)37-19-26(34)23-12-14-28-25(16-23)33(30(35)20-38-28)18-24-13-15-29(39-24)31(36)32(2)17-22-9-4-3-5-10-22/h3-16H,17-20H2,1-2H3. The van der Waals surface area contributed by atoms with Crippen molar-refractivity contribution in [1.82, 2.24) is 4.90 Å². The number of hydrogen-bond acceptors (Lipinski definition) is 6. The number of benzene rings is 3. The van der Waals surface area contributed by atoms with E-state index in [1.807, 2.05) is 61.5 Å². The molecular formula is C31H28N2O6. The Morgan fingerprint density at radius 1 is 0.974 bits per heavy atom. The fourth-order valence-electron chi connectivity index (χ4n) is 4.34. The van der Waals surface area contributed by atoms with Crippen LogP contribution < -0.4 is 14.4 Å². The van der Waals surface area contributed by atoms with Crippen molar-refractivity contribution in [3.05, 3.63) is 113 Å². The van der Waals surface area contributed by atoms with Crippen molar-refractivity contribution in [2.75, 3.05) is 25.2 Å². The number of para-hydroxylation sites is 1. The average molecular weight is 525 g/mol. The zero-order chi connectivity index (χ0) is 27.4. The Hall–Kier alpha value is -4.85. The Morgan fingerprint density at radius 2 is 1.74 bits per heavy atom. The van der Waals surface area contributed by atoms with Gasteiger partial charge in [0.05, 0.1) is 12.2 Å². The van der Waals surface area contributed by atoms with Gasteiger partial charge < -0.3 is 18.8 Å². The van der Waals surface area contributed by atoms with E-state index in [-0.39, 0.29) is 43.1 Å². The van der Waals surface area contributed by atoms with Gasteiger partial charge in [-0.15, -0.1) is 0 Å². The van der Waals surface area contributed by atoms with Crippen LogP contribution in [0.4, 0.5) is 5.69 Å². The van der Waals surface area contributed by atoms with E-state index in [9.17, 15) is 14.4 Å². The molecule has 3 aromatic carbocycles. The van der Waals surface area contributed by atoms with Crippen molar-refractivity contribution in [2.45, 2.75) is 20.0 Å². The van der Waals surface area contributed by atoms with Crippen LogP contribution in [0.25, 0.3) is 0 Å². The molecule has 5 rings (SSSR count). The van der Waals surface area contributed by atoms with E-state index in [2.05, 4.69) is 0 Å². The predicted octanol–water partition coefficient (Wildman–Crippen LogP) is 5.05. The number of aryl methyl sites for hydroxylation is 1. The molecule has 198 valence electrons. The van der Waals surface area contributed by atoms with Crippen LogP contribution in [0.1, 0.15) is 37.8 Å². The Balaban J connectivity index is 1.29. The Kier molecular flexibility index (Phi) is 7.45. The quantitative estimate of drug-likeness (QED) is 0.285. The zero-order valence-electron chi connectivity index (χ0n) is 21.8. The van der Waals surface area contributed by atoms with Crippen LogP contribution in [-0.2, 0) is 17.9 Å². The summed E-state index contributed by atoms with van der Waals surface area (Å²) in [6.45, 7) is 2.16. The Bertz CT molecular complexity index is 1510. The van der Waals surface area contributed by atoms with Gasteiger partial charge in [-0.25, -0.2) is 0 Å². The summed E-state index contributed by atoms with van der Waals surface area (Å²) >= 11 is 0. The lowest BCUT2D eigenvalue weighted by atomic mass is 10.1. The van der Waals surface area contributed by atoms with E-state index >= 15 is 0 Å². The first kappa shape index (κ1) is 25.8. The maximum absolute atomic E-state index is 12.9. The molecule has 0 radical (unpaired) electrons. The number of ether oxygens (including phenoxy) is 2. The second-order valence-corrected chi connectivity index (χ2v) is 9.34. The summed E-state index contributed by atoms with van der Waals surface area (Å²) in [6, 6.07) is 25.4. The van der Waals surface area contributed by atoms with E-state index in [0.29, 0.717) is 35.1 Å². The monoisotopic (exact) mass is 524 g/mol. The molecule has 1 aromatic heterocycles. The van der Waals surface area contributed by atoms with Crippen LogP contribution in [0.15, 0.2) is 89.3 Å². The topological polar surface area (TPSA) is 89.3 Å². The summed E-state index contributed by atoms with van der Waals surface area (Å²) in [5, 5.41) is 0. The van der Waals surface area contributed by atoms with Crippen LogP contribution in [0, 0.1) is 6.92 Å². The number of hydrogen-bond donors (Lipinski definition) is 0. The van der Waals surface area contributed by atoms with Gasteiger partial charge in [0.25, 0.3) is 11.8 Å². The number of anilines is 1. The van der Waals surface area contributed by atoms with Crippen molar-refractivity contribution in [3.63, 3.8) is 0 Å². The van der Waals surface area contributed by atoms with Gasteiger partial charge in [0.2, 0.25) is 0 Å². The maximum Gasteiger partial charge on any atom is 0.289 e. The molecule has 0 saturated heterocycles. The maximum atomic E-state index is 12.9. The number of fused-ring (bicyclic) bond motifs is 1. The first-order valence-electron chi connectivity index (χ1n) is 12.6. The fraction of sp³-hybridized carbons (Fsp3) is 0.194. The molecule has 4 aromatic rings. The lowest BCUT2D eigenvalue weighted by molar-refractivity contribution is -0.121. The highest BCUT2D eigenvalue weighted by atomic mass is 16.5. The molecule has 1 aliphatic rings. The minimum absolute atomic E-state index is 0.0855. The lowest BCUT2D eigenvalue weighted by Gasteiger charge is -2.29. The molecule has 0 saturated carbocycles. The normalized spacial score (nSPS) is 12.5. The van der Waals surface area contributed by atoms with Crippen molar-refractivity contribution in [3.8, 4) is 11.5 Å². The highest BCUT2D eigenvalue weighted by Crippen LogP contribution is 2.34. The van der Waals surface area contributed by atoms with Crippen molar-refractivity contribution >= 4 is 23.3 Å². The zero-order valence-corrected chi connectivity index (χ0v) is 21.8. The van der Waals surface area contributed by atoms with Crippen LogP contribution in [0.3, 0.4) is 0 Å². The summed E-state index contributed by atoms with van der Waals surface area (Å²) in [7, 11) is 1.71. The van der Waals surface area contributed by atoms with E-state index in [1.54, 1.807) is 42.3 Å². The molecule has 0 fully saturated rings. The van der Waals surface area contributed by atoms with Crippen molar-refractivity contribution in [1.29, 1.82) is 0 Å². The van der Waals surface area contributed by atoms with Gasteiger partial charge in [-0.1, -0.05) is 48.5 Å².